The Labute approximate surface area is 122 Å². The molecule has 7 heteroatoms. The van der Waals surface area contributed by atoms with Crippen LogP contribution in [-0.2, 0) is 9.53 Å². The number of aromatic nitrogens is 2. The average molecular weight is 290 g/mol. The number of amides is 2. The van der Waals surface area contributed by atoms with Crippen molar-refractivity contribution in [1.29, 1.82) is 0 Å². The number of rotatable bonds is 2. The molecule has 2 bridgehead atoms. The summed E-state index contributed by atoms with van der Waals surface area (Å²) in [6, 6.07) is 1.72. The molecular formula is C14H18N4O3. The van der Waals surface area contributed by atoms with Crippen LogP contribution in [0.5, 0.6) is 0 Å². The Hall–Kier alpha value is -1.89. The maximum Gasteiger partial charge on any atom is 0.274 e. The zero-order valence-corrected chi connectivity index (χ0v) is 11.7. The second-order valence-electron chi connectivity index (χ2n) is 6.13. The summed E-state index contributed by atoms with van der Waals surface area (Å²) < 4.78 is 5.47. The number of carbonyl (C=O) groups is 2. The van der Waals surface area contributed by atoms with Gasteiger partial charge >= 0.3 is 0 Å². The first-order valence-electron chi connectivity index (χ1n) is 7.43. The largest absolute Gasteiger partial charge is 0.378 e. The van der Waals surface area contributed by atoms with Crippen LogP contribution in [0.3, 0.4) is 0 Å². The molecule has 1 aromatic heterocycles. The van der Waals surface area contributed by atoms with E-state index in [1.807, 2.05) is 6.07 Å². The molecule has 2 amide bonds. The van der Waals surface area contributed by atoms with Crippen molar-refractivity contribution >= 4 is 11.8 Å². The van der Waals surface area contributed by atoms with Crippen molar-refractivity contribution in [3.05, 3.63) is 17.5 Å². The summed E-state index contributed by atoms with van der Waals surface area (Å²) in [6.07, 6.45) is 2.33. The zero-order chi connectivity index (χ0) is 14.4. The smallest absolute Gasteiger partial charge is 0.274 e. The van der Waals surface area contributed by atoms with Crippen molar-refractivity contribution in [2.75, 3.05) is 26.3 Å². The van der Waals surface area contributed by atoms with E-state index in [1.54, 1.807) is 4.90 Å². The van der Waals surface area contributed by atoms with E-state index in [2.05, 4.69) is 15.5 Å². The maximum atomic E-state index is 12.6. The number of carbonyl (C=O) groups excluding carboxylic acids is 2. The molecule has 0 spiro atoms. The van der Waals surface area contributed by atoms with Gasteiger partial charge in [0.2, 0.25) is 5.91 Å². The molecule has 0 radical (unpaired) electrons. The minimum Gasteiger partial charge on any atom is -0.378 e. The minimum absolute atomic E-state index is 0.0199. The second-order valence-corrected chi connectivity index (χ2v) is 6.13. The lowest BCUT2D eigenvalue weighted by Gasteiger charge is -2.26. The predicted octanol–water partition coefficient (Wildman–Crippen LogP) is -0.126. The third-order valence-electron chi connectivity index (χ3n) is 4.36. The highest BCUT2D eigenvalue weighted by atomic mass is 16.5. The number of hydrogen-bond acceptors (Lipinski definition) is 4. The van der Waals surface area contributed by atoms with Gasteiger partial charge in [-0.15, -0.1) is 0 Å². The van der Waals surface area contributed by atoms with Crippen molar-refractivity contribution in [3.63, 3.8) is 0 Å². The topological polar surface area (TPSA) is 87.3 Å². The van der Waals surface area contributed by atoms with Gasteiger partial charge in [-0.2, -0.15) is 5.10 Å². The standard InChI is InChI=1S/C14H18N4O3/c19-13-9-4-18(5-10(15-13)7-21-6-9)14(20)12-3-11(16-17-12)8-1-2-8/h3,8-10H,1-2,4-7H2,(H,15,19)(H,16,17)/t9-,10+/m1/s1. The summed E-state index contributed by atoms with van der Waals surface area (Å²) >= 11 is 0. The van der Waals surface area contributed by atoms with Gasteiger partial charge in [0.15, 0.2) is 0 Å². The van der Waals surface area contributed by atoms with E-state index in [0.29, 0.717) is 37.9 Å². The molecule has 3 aliphatic rings. The Balaban J connectivity index is 1.54. The molecule has 2 atom stereocenters. The van der Waals surface area contributed by atoms with Crippen molar-refractivity contribution in [3.8, 4) is 0 Å². The first-order chi connectivity index (χ1) is 10.2. The number of ether oxygens (including phenoxy) is 1. The lowest BCUT2D eigenvalue weighted by Crippen LogP contribution is -2.44. The lowest BCUT2D eigenvalue weighted by molar-refractivity contribution is -0.125. The maximum absolute atomic E-state index is 12.6. The van der Waals surface area contributed by atoms with Gasteiger partial charge in [0.1, 0.15) is 5.69 Å². The summed E-state index contributed by atoms with van der Waals surface area (Å²) in [4.78, 5) is 26.3. The molecule has 3 heterocycles. The van der Waals surface area contributed by atoms with Crippen LogP contribution in [-0.4, -0.2) is 59.3 Å². The molecule has 1 saturated carbocycles. The molecule has 0 unspecified atom stereocenters. The molecule has 3 fully saturated rings. The molecule has 0 aromatic carbocycles. The fraction of sp³-hybridized carbons (Fsp3) is 0.643. The summed E-state index contributed by atoms with van der Waals surface area (Å²) in [6.45, 7) is 1.71. The van der Waals surface area contributed by atoms with Gasteiger partial charge < -0.3 is 15.0 Å². The fourth-order valence-corrected chi connectivity index (χ4v) is 3.01. The van der Waals surface area contributed by atoms with Gasteiger partial charge in [0.25, 0.3) is 5.91 Å². The quantitative estimate of drug-likeness (QED) is 0.794. The van der Waals surface area contributed by atoms with Crippen LogP contribution in [0.4, 0.5) is 0 Å². The number of aromatic amines is 1. The van der Waals surface area contributed by atoms with Gasteiger partial charge in [0.05, 0.1) is 25.2 Å². The Morgan fingerprint density at radius 3 is 2.95 bits per heavy atom. The number of fused-ring (bicyclic) bond motifs is 3. The van der Waals surface area contributed by atoms with Crippen LogP contribution in [0.15, 0.2) is 6.07 Å². The van der Waals surface area contributed by atoms with E-state index in [-0.39, 0.29) is 23.8 Å². The highest BCUT2D eigenvalue weighted by Crippen LogP contribution is 2.39. The summed E-state index contributed by atoms with van der Waals surface area (Å²) in [5, 5.41) is 10.0. The van der Waals surface area contributed by atoms with Gasteiger partial charge in [-0.1, -0.05) is 0 Å². The summed E-state index contributed by atoms with van der Waals surface area (Å²) in [7, 11) is 0. The molecule has 2 saturated heterocycles. The van der Waals surface area contributed by atoms with Crippen LogP contribution in [0, 0.1) is 5.92 Å². The lowest BCUT2D eigenvalue weighted by atomic mass is 10.1. The van der Waals surface area contributed by atoms with Crippen molar-refractivity contribution in [2.24, 2.45) is 5.92 Å². The second kappa shape index (κ2) is 4.84. The molecule has 1 aromatic rings. The van der Waals surface area contributed by atoms with Crippen molar-refractivity contribution < 1.29 is 14.3 Å². The molecule has 21 heavy (non-hydrogen) atoms. The average Bonchev–Trinajstić information content (AvgIpc) is 3.22. The Morgan fingerprint density at radius 2 is 2.14 bits per heavy atom. The highest BCUT2D eigenvalue weighted by molar-refractivity contribution is 5.93. The molecule has 4 rings (SSSR count). The van der Waals surface area contributed by atoms with Gasteiger partial charge in [0, 0.05) is 24.7 Å². The van der Waals surface area contributed by atoms with Crippen LogP contribution in [0.2, 0.25) is 0 Å². The van der Waals surface area contributed by atoms with Gasteiger partial charge in [-0.25, -0.2) is 0 Å². The normalized spacial score (nSPS) is 29.0. The van der Waals surface area contributed by atoms with Crippen LogP contribution in [0.1, 0.15) is 34.9 Å². The van der Waals surface area contributed by atoms with E-state index < -0.39 is 0 Å². The Bertz CT molecular complexity index is 581. The number of hydrogen-bond donors (Lipinski definition) is 2. The first kappa shape index (κ1) is 12.8. The van der Waals surface area contributed by atoms with Gasteiger partial charge in [-0.3, -0.25) is 14.7 Å². The molecule has 2 N–H and O–H groups in total. The Morgan fingerprint density at radius 1 is 1.29 bits per heavy atom. The van der Waals surface area contributed by atoms with E-state index in [1.165, 1.54) is 12.8 Å². The predicted molar refractivity (Wildman–Crippen MR) is 72.7 cm³/mol. The molecule has 1 aliphatic carbocycles. The van der Waals surface area contributed by atoms with E-state index in [0.717, 1.165) is 5.69 Å². The fourth-order valence-electron chi connectivity index (χ4n) is 3.01. The SMILES string of the molecule is O=C1N[C@@H]2COC[C@H]1CN(C(=O)c1cc(C3CC3)[nH]n1)C2. The van der Waals surface area contributed by atoms with Crippen LogP contribution in [0.25, 0.3) is 0 Å². The summed E-state index contributed by atoms with van der Waals surface area (Å²) in [5.41, 5.74) is 1.50. The number of H-pyrrole nitrogens is 1. The Kier molecular flexibility index (Phi) is 2.95. The number of nitrogens with zero attached hydrogens (tertiary/aromatic N) is 2. The molecule has 7 nitrogen and oxygen atoms in total. The summed E-state index contributed by atoms with van der Waals surface area (Å²) in [5.74, 6) is 0.127. The monoisotopic (exact) mass is 290 g/mol. The third-order valence-corrected chi connectivity index (χ3v) is 4.36. The van der Waals surface area contributed by atoms with Crippen LogP contribution < -0.4 is 5.32 Å². The first-order valence-corrected chi connectivity index (χ1v) is 7.43. The van der Waals surface area contributed by atoms with Gasteiger partial charge in [-0.05, 0) is 18.9 Å². The van der Waals surface area contributed by atoms with Crippen molar-refractivity contribution in [1.82, 2.24) is 20.4 Å². The molecule has 2 aliphatic heterocycles. The highest BCUT2D eigenvalue weighted by Gasteiger charge is 2.36. The van der Waals surface area contributed by atoms with E-state index >= 15 is 0 Å². The van der Waals surface area contributed by atoms with Crippen LogP contribution >= 0.6 is 0 Å². The third kappa shape index (κ3) is 2.42. The van der Waals surface area contributed by atoms with Crippen molar-refractivity contribution in [2.45, 2.75) is 24.8 Å². The van der Waals surface area contributed by atoms with E-state index in [4.69, 9.17) is 4.74 Å². The zero-order valence-electron chi connectivity index (χ0n) is 11.7. The molecular weight excluding hydrogens is 272 g/mol. The minimum atomic E-state index is -0.289. The molecule has 112 valence electrons. The van der Waals surface area contributed by atoms with E-state index in [9.17, 15) is 9.59 Å². The number of nitrogens with one attached hydrogen (secondary N) is 2.